The number of aliphatic hydroxyl groups is 4. The van der Waals surface area contributed by atoms with E-state index in [9.17, 15) is 73.2 Å². The highest BCUT2D eigenvalue weighted by Crippen LogP contribution is 2.41. The van der Waals surface area contributed by atoms with Gasteiger partial charge in [-0.1, -0.05) is 88.9 Å². The van der Waals surface area contributed by atoms with Gasteiger partial charge in [-0.25, -0.2) is 22.3 Å². The molecule has 7 aromatic carbocycles. The third-order valence-electron chi connectivity index (χ3n) is 12.9. The van der Waals surface area contributed by atoms with Crippen molar-refractivity contribution in [2.24, 2.45) is 0 Å². The molecule has 20 nitrogen and oxygen atoms in total. The van der Waals surface area contributed by atoms with E-state index in [1.807, 2.05) is 0 Å². The Morgan fingerprint density at radius 3 is 1.12 bits per heavy atom. The Morgan fingerprint density at radius 2 is 0.769 bits per heavy atom. The van der Waals surface area contributed by atoms with Crippen LogP contribution in [0.3, 0.4) is 0 Å². The number of alkyl halides is 3. The maximum absolute atomic E-state index is 12.5. The molecule has 0 radical (unpaired) electrons. The summed E-state index contributed by atoms with van der Waals surface area (Å²) in [6.45, 7) is 5.93. The summed E-state index contributed by atoms with van der Waals surface area (Å²) in [5.74, 6) is -0.953. The highest BCUT2D eigenvalue weighted by Gasteiger charge is 2.30. The molecule has 0 spiro atoms. The first-order valence-corrected chi connectivity index (χ1v) is 30.4. The van der Waals surface area contributed by atoms with Crippen LogP contribution in [0.15, 0.2) is 121 Å². The quantitative estimate of drug-likeness (QED) is 0.0309. The third-order valence-corrected chi connectivity index (χ3v) is 15.3. The lowest BCUT2D eigenvalue weighted by atomic mass is 9.96. The van der Waals surface area contributed by atoms with Crippen molar-refractivity contribution < 1.29 is 73.2 Å². The van der Waals surface area contributed by atoms with Gasteiger partial charge in [0.1, 0.15) is 23.0 Å². The average Bonchev–Trinajstić information content (AvgIpc) is 1.53. The summed E-state index contributed by atoms with van der Waals surface area (Å²) in [5, 5.41) is 99.0. The molecule has 1 fully saturated rings. The van der Waals surface area contributed by atoms with E-state index in [1.165, 1.54) is 85.8 Å². The monoisotopic (exact) mass is 1490 g/mol. The summed E-state index contributed by atoms with van der Waals surface area (Å²) in [7, 11) is 0. The van der Waals surface area contributed by atoms with Crippen molar-refractivity contribution in [2.75, 3.05) is 35.0 Å². The molecule has 8 amide bonds. The number of aromatic hydroxyl groups is 4. The van der Waals surface area contributed by atoms with Gasteiger partial charge in [0.05, 0.1) is 75.6 Å². The van der Waals surface area contributed by atoms with Crippen LogP contribution >= 0.6 is 92.5 Å². The molecule has 91 heavy (non-hydrogen) atoms. The first-order chi connectivity index (χ1) is 42.7. The van der Waals surface area contributed by atoms with E-state index in [4.69, 9.17) is 69.6 Å². The Morgan fingerprint density at radius 1 is 0.451 bits per heavy atom. The molecule has 0 aromatic heterocycles. The van der Waals surface area contributed by atoms with Gasteiger partial charge >= 0.3 is 30.3 Å². The van der Waals surface area contributed by atoms with Crippen LogP contribution in [0.4, 0.5) is 72.2 Å². The topological polar surface area (TPSA) is 318 Å². The van der Waals surface area contributed by atoms with Crippen LogP contribution in [-0.2, 0) is 6.18 Å². The highest BCUT2D eigenvalue weighted by molar-refractivity contribution is 14.1. The number of aliphatic hydroxyl groups excluding tert-OH is 4. The van der Waals surface area contributed by atoms with Crippen LogP contribution in [0.1, 0.15) is 112 Å². The van der Waals surface area contributed by atoms with E-state index in [-0.39, 0.29) is 95.8 Å². The molecule has 8 rings (SSSR count). The van der Waals surface area contributed by atoms with Gasteiger partial charge in [0, 0.05) is 75.5 Å². The minimum Gasteiger partial charge on any atom is -0.505 e. The number of nitrogens with one attached hydrogen (secondary N) is 7. The number of nitrogens with zero attached hydrogens (tertiary/aromatic N) is 1. The largest absolute Gasteiger partial charge is 0.505 e. The fourth-order valence-electron chi connectivity index (χ4n) is 8.43. The summed E-state index contributed by atoms with van der Waals surface area (Å²) in [5.41, 5.74) is 1.71. The lowest BCUT2D eigenvalue weighted by Crippen LogP contribution is -2.39. The lowest BCUT2D eigenvalue weighted by molar-refractivity contribution is -0.137. The Hall–Kier alpha value is -7.08. The number of benzene rings is 7. The number of carbonyl (C=O) groups excluding carboxylic acids is 4. The maximum Gasteiger partial charge on any atom is 0.416 e. The van der Waals surface area contributed by atoms with Crippen molar-refractivity contribution in [2.45, 2.75) is 96.4 Å². The van der Waals surface area contributed by atoms with Crippen LogP contribution in [0, 0.1) is 0 Å². The number of urea groups is 4. The fourth-order valence-corrected chi connectivity index (χ4v) is 10.1. The number of hydrogen-bond acceptors (Lipinski definition) is 12. The number of halogens is 10. The van der Waals surface area contributed by atoms with Gasteiger partial charge in [0.2, 0.25) is 0 Å². The Labute approximate surface area is 564 Å². The third kappa shape index (κ3) is 23.2. The standard InChI is InChI=1S/C16H14ClF3N2O3.C15H13Cl2IN2O3.C15H14Cl2N2O3.C15H21ClN2O3/c1-8(23)12-6-10(17)7-13(14(12)24)22-15(25)21-11-4-2-9(3-5-11)16(18,19)20;1-8(21)12-6-10(17)7-13(14(12)22)20(18)15(23)19-11-4-2-9(16)3-5-11;1-8(20)12-6-10(17)7-13(14(12)21)19-15(22)18-11-4-2-9(16)3-5-11;1-9(19)12-7-10(16)8-13(14(12)20)18-15(21)17-11-5-3-2-4-6-11/h2-8,23-24H,1H3,(H2,21,22,25);2-8,21-22H,1H3,(H,19,23);2-8,20-21H,1H3,(H2,18,19,22);7-9,11,19-20H,2-6H2,1H3,(H2,17,18,21). The second-order valence-corrected chi connectivity index (χ2v) is 23.7. The second kappa shape index (κ2) is 34.5. The Kier molecular flexibility index (Phi) is 28.3. The number of rotatable bonds is 12. The zero-order valence-corrected chi connectivity index (χ0v) is 55.1. The minimum atomic E-state index is -4.47. The van der Waals surface area contributed by atoms with Gasteiger partial charge in [0.25, 0.3) is 0 Å². The molecule has 4 atom stereocenters. The molecule has 30 heteroatoms. The summed E-state index contributed by atoms with van der Waals surface area (Å²) >= 11 is 37.0. The SMILES string of the molecule is CC(O)c1cc(Cl)cc(N(I)C(=O)Nc2ccc(Cl)cc2)c1O.CC(O)c1cc(Cl)cc(NC(=O)NC2CCCCC2)c1O.CC(O)c1cc(Cl)cc(NC(=O)Nc2ccc(C(F)(F)F)cc2)c1O.CC(O)c1cc(Cl)cc(NC(=O)Nc2ccc(Cl)cc2)c1O. The van der Waals surface area contributed by atoms with Gasteiger partial charge in [-0.15, -0.1) is 0 Å². The molecule has 1 aliphatic carbocycles. The Balaban J connectivity index is 0.000000221. The summed E-state index contributed by atoms with van der Waals surface area (Å²) in [6, 6.07) is 26.3. The van der Waals surface area contributed by atoms with Crippen molar-refractivity contribution >= 4 is 156 Å². The van der Waals surface area contributed by atoms with E-state index in [2.05, 4.69) is 37.2 Å². The van der Waals surface area contributed by atoms with Crippen LogP contribution in [0.25, 0.3) is 0 Å². The zero-order chi connectivity index (χ0) is 67.6. The number of carbonyl (C=O) groups is 4. The summed E-state index contributed by atoms with van der Waals surface area (Å²) < 4.78 is 38.7. The molecule has 0 bridgehead atoms. The summed E-state index contributed by atoms with van der Waals surface area (Å²) in [4.78, 5) is 48.2. The highest BCUT2D eigenvalue weighted by atomic mass is 127. The molecule has 7 aromatic rings. The first-order valence-electron chi connectivity index (χ1n) is 27.2. The summed E-state index contributed by atoms with van der Waals surface area (Å²) in [6.07, 6.45) is -2.77. The van der Waals surface area contributed by atoms with Crippen molar-refractivity contribution in [1.82, 2.24) is 5.32 Å². The van der Waals surface area contributed by atoms with E-state index in [1.54, 1.807) is 71.4 Å². The molecule has 15 N–H and O–H groups in total. The lowest BCUT2D eigenvalue weighted by Gasteiger charge is -2.23. The smallest absolute Gasteiger partial charge is 0.416 e. The van der Waals surface area contributed by atoms with Crippen LogP contribution in [0.5, 0.6) is 23.0 Å². The molecule has 0 saturated heterocycles. The van der Waals surface area contributed by atoms with Gasteiger partial charge < -0.3 is 78.1 Å². The van der Waals surface area contributed by atoms with E-state index < -0.39 is 54.2 Å². The molecule has 488 valence electrons. The number of phenols is 4. The maximum atomic E-state index is 12.5. The van der Waals surface area contributed by atoms with Crippen LogP contribution < -0.4 is 40.3 Å². The van der Waals surface area contributed by atoms with Gasteiger partial charge in [0.15, 0.2) is 0 Å². The number of anilines is 7. The molecule has 4 unspecified atom stereocenters. The number of amides is 8. The second-order valence-electron chi connectivity index (χ2n) is 20.1. The molecule has 0 heterocycles. The van der Waals surface area contributed by atoms with Gasteiger partial charge in [-0.2, -0.15) is 13.2 Å². The molecule has 0 aliphatic heterocycles. The van der Waals surface area contributed by atoms with Crippen molar-refractivity contribution in [1.29, 1.82) is 0 Å². The van der Waals surface area contributed by atoms with Crippen LogP contribution in [0.2, 0.25) is 30.1 Å². The van der Waals surface area contributed by atoms with E-state index >= 15 is 0 Å². The average molecular weight is 1500 g/mol. The fraction of sp³-hybridized carbons (Fsp3) is 0.246. The Bertz CT molecular complexity index is 3650. The normalized spacial score (nSPS) is 13.3. The van der Waals surface area contributed by atoms with E-state index in [0.29, 0.717) is 31.5 Å². The zero-order valence-electron chi connectivity index (χ0n) is 48.4. The molecular formula is C61H62Cl6F3IN8O12. The molecule has 1 aliphatic rings. The van der Waals surface area contributed by atoms with Gasteiger partial charge in [-0.05, 0) is 162 Å². The van der Waals surface area contributed by atoms with Crippen molar-refractivity contribution in [3.05, 3.63) is 179 Å². The first kappa shape index (κ1) is 74.6. The number of hydrogen-bond donors (Lipinski definition) is 15. The number of phenolic OH excluding ortho intramolecular Hbond substituents is 4. The predicted octanol–water partition coefficient (Wildman–Crippen LogP) is 17.9. The van der Waals surface area contributed by atoms with Crippen LogP contribution in [-0.4, -0.2) is 71.0 Å². The van der Waals surface area contributed by atoms with Crippen molar-refractivity contribution in [3.63, 3.8) is 0 Å². The van der Waals surface area contributed by atoms with Crippen molar-refractivity contribution in [3.8, 4) is 23.0 Å². The molecular weight excluding hydrogens is 1430 g/mol. The minimum absolute atomic E-state index is 0.0483. The van der Waals surface area contributed by atoms with E-state index in [0.717, 1.165) is 49.9 Å². The molecule has 1 saturated carbocycles. The predicted molar refractivity (Wildman–Crippen MR) is 359 cm³/mol. The van der Waals surface area contributed by atoms with Gasteiger partial charge in [-0.3, -0.25) is 0 Å².